The molecule has 2 aromatic carbocycles. The van der Waals surface area contributed by atoms with Crippen LogP contribution in [-0.4, -0.2) is 49.7 Å². The van der Waals surface area contributed by atoms with Gasteiger partial charge in [0.25, 0.3) is 0 Å². The van der Waals surface area contributed by atoms with E-state index < -0.39 is 11.1 Å². The summed E-state index contributed by atoms with van der Waals surface area (Å²) >= 11 is -2.32. The highest BCUT2D eigenvalue weighted by molar-refractivity contribution is 7.79. The van der Waals surface area contributed by atoms with Crippen LogP contribution < -0.4 is 4.90 Å². The zero-order valence-corrected chi connectivity index (χ0v) is 16.7. The normalized spacial score (nSPS) is 15.3. The molecule has 0 spiro atoms. The molecule has 152 valence electrons. The average molecular weight is 421 g/mol. The SMILES string of the molecule is N#Cc1cn(CC(=O)N2CCN(c3ccc(S(=O)[O-])cc3)C(=O)C2)c2ccccc12. The smallest absolute Gasteiger partial charge is 0.246 e. The Morgan fingerprint density at radius 2 is 1.87 bits per heavy atom. The maximum absolute atomic E-state index is 12.8. The molecule has 2 amide bonds. The molecule has 0 N–H and O–H groups in total. The first kappa shape index (κ1) is 19.8. The van der Waals surface area contributed by atoms with Crippen molar-refractivity contribution >= 4 is 39.5 Å². The summed E-state index contributed by atoms with van der Waals surface area (Å²) < 4.78 is 23.7. The summed E-state index contributed by atoms with van der Waals surface area (Å²) in [5.74, 6) is -0.439. The number of rotatable bonds is 4. The zero-order valence-electron chi connectivity index (χ0n) is 15.9. The van der Waals surface area contributed by atoms with E-state index in [2.05, 4.69) is 6.07 Å². The first-order chi connectivity index (χ1) is 14.5. The Balaban J connectivity index is 1.46. The third-order valence-electron chi connectivity index (χ3n) is 5.13. The van der Waals surface area contributed by atoms with E-state index in [9.17, 15) is 23.6 Å². The van der Waals surface area contributed by atoms with Crippen molar-refractivity contribution in [2.24, 2.45) is 0 Å². The van der Waals surface area contributed by atoms with E-state index in [1.807, 2.05) is 24.3 Å². The number of aromatic nitrogens is 1. The highest BCUT2D eigenvalue weighted by Crippen LogP contribution is 2.22. The lowest BCUT2D eigenvalue weighted by Gasteiger charge is -2.34. The lowest BCUT2D eigenvalue weighted by Crippen LogP contribution is -2.53. The van der Waals surface area contributed by atoms with Crippen molar-refractivity contribution in [1.29, 1.82) is 5.26 Å². The predicted molar refractivity (Wildman–Crippen MR) is 109 cm³/mol. The molecule has 9 heteroatoms. The van der Waals surface area contributed by atoms with Gasteiger partial charge in [-0.05, 0) is 41.4 Å². The molecule has 1 fully saturated rings. The van der Waals surface area contributed by atoms with Crippen LogP contribution in [-0.2, 0) is 27.2 Å². The van der Waals surface area contributed by atoms with Gasteiger partial charge in [-0.3, -0.25) is 13.8 Å². The third-order valence-corrected chi connectivity index (χ3v) is 5.79. The number of para-hydroxylation sites is 1. The number of carbonyl (C=O) groups excluding carboxylic acids is 2. The van der Waals surface area contributed by atoms with E-state index in [4.69, 9.17) is 0 Å². The second-order valence-corrected chi connectivity index (χ2v) is 7.83. The van der Waals surface area contributed by atoms with E-state index in [0.29, 0.717) is 24.3 Å². The minimum absolute atomic E-state index is 0.0412. The standard InChI is InChI=1S/C21H18N4O4S/c22-11-15-12-24(19-4-2-1-3-18(15)19)13-20(26)23-9-10-25(21(27)14-23)16-5-7-17(8-6-16)30(28)29/h1-8,12H,9-10,13-14H2,(H,28,29)/p-1. The molecule has 30 heavy (non-hydrogen) atoms. The molecule has 3 aromatic rings. The maximum Gasteiger partial charge on any atom is 0.246 e. The number of carbonyl (C=O) groups is 2. The van der Waals surface area contributed by atoms with Gasteiger partial charge >= 0.3 is 0 Å². The summed E-state index contributed by atoms with van der Waals surface area (Å²) in [6.07, 6.45) is 1.65. The van der Waals surface area contributed by atoms with Crippen LogP contribution >= 0.6 is 0 Å². The van der Waals surface area contributed by atoms with Crippen LogP contribution in [0.15, 0.2) is 59.6 Å². The number of piperazine rings is 1. The average Bonchev–Trinajstić information content (AvgIpc) is 3.11. The van der Waals surface area contributed by atoms with E-state index >= 15 is 0 Å². The van der Waals surface area contributed by atoms with Crippen LogP contribution in [0.2, 0.25) is 0 Å². The fourth-order valence-corrected chi connectivity index (χ4v) is 3.97. The molecule has 1 aromatic heterocycles. The van der Waals surface area contributed by atoms with Crippen LogP contribution in [0, 0.1) is 11.3 Å². The number of benzene rings is 2. The number of nitriles is 1. The van der Waals surface area contributed by atoms with Gasteiger partial charge < -0.3 is 18.9 Å². The molecule has 0 radical (unpaired) electrons. The molecule has 2 heterocycles. The van der Waals surface area contributed by atoms with Gasteiger partial charge in [0, 0.05) is 40.8 Å². The number of fused-ring (bicyclic) bond motifs is 1. The fraction of sp³-hybridized carbons (Fsp3) is 0.190. The molecule has 1 aliphatic heterocycles. The molecule has 1 saturated heterocycles. The number of anilines is 1. The number of hydrogen-bond acceptors (Lipinski definition) is 5. The quantitative estimate of drug-likeness (QED) is 0.595. The Morgan fingerprint density at radius 3 is 2.53 bits per heavy atom. The summed E-state index contributed by atoms with van der Waals surface area (Å²) in [6.45, 7) is 0.669. The molecule has 1 unspecified atom stereocenters. The van der Waals surface area contributed by atoms with Gasteiger partial charge in [0.05, 0.1) is 5.56 Å². The van der Waals surface area contributed by atoms with Gasteiger partial charge in [-0.2, -0.15) is 5.26 Å². The van der Waals surface area contributed by atoms with Crippen LogP contribution in [0.3, 0.4) is 0 Å². The van der Waals surface area contributed by atoms with Crippen LogP contribution in [0.4, 0.5) is 5.69 Å². The summed E-state index contributed by atoms with van der Waals surface area (Å²) in [5, 5.41) is 10.1. The van der Waals surface area contributed by atoms with Crippen molar-refractivity contribution < 1.29 is 18.4 Å². The number of nitrogens with zero attached hydrogens (tertiary/aromatic N) is 4. The number of amides is 2. The molecule has 4 rings (SSSR count). The molecule has 0 aliphatic carbocycles. The van der Waals surface area contributed by atoms with Gasteiger partial charge in [-0.1, -0.05) is 18.2 Å². The maximum atomic E-state index is 12.8. The first-order valence-electron chi connectivity index (χ1n) is 9.23. The van der Waals surface area contributed by atoms with Gasteiger partial charge in [-0.25, -0.2) is 0 Å². The Kier molecular flexibility index (Phi) is 5.35. The lowest BCUT2D eigenvalue weighted by molar-refractivity contribution is -0.137. The van der Waals surface area contributed by atoms with Crippen molar-refractivity contribution in [3.8, 4) is 6.07 Å². The van der Waals surface area contributed by atoms with Crippen molar-refractivity contribution in [1.82, 2.24) is 9.47 Å². The minimum Gasteiger partial charge on any atom is -0.768 e. The molecular weight excluding hydrogens is 404 g/mol. The van der Waals surface area contributed by atoms with E-state index in [0.717, 1.165) is 10.9 Å². The summed E-state index contributed by atoms with van der Waals surface area (Å²) in [4.78, 5) is 28.6. The Morgan fingerprint density at radius 1 is 1.13 bits per heavy atom. The molecule has 8 nitrogen and oxygen atoms in total. The van der Waals surface area contributed by atoms with Crippen molar-refractivity contribution in [2.45, 2.75) is 11.4 Å². The Labute approximate surface area is 175 Å². The van der Waals surface area contributed by atoms with Crippen LogP contribution in [0.1, 0.15) is 5.56 Å². The van der Waals surface area contributed by atoms with Gasteiger partial charge in [0.15, 0.2) is 0 Å². The number of hydrogen-bond donors (Lipinski definition) is 0. The largest absolute Gasteiger partial charge is 0.768 e. The van der Waals surface area contributed by atoms with Gasteiger partial charge in [0.2, 0.25) is 11.8 Å². The van der Waals surface area contributed by atoms with Crippen molar-refractivity contribution in [2.75, 3.05) is 24.5 Å². The highest BCUT2D eigenvalue weighted by atomic mass is 32.2. The topological polar surface area (TPSA) is 109 Å². The monoisotopic (exact) mass is 421 g/mol. The predicted octanol–water partition coefficient (Wildman–Crippen LogP) is 1.63. The van der Waals surface area contributed by atoms with Gasteiger partial charge in [-0.15, -0.1) is 0 Å². The van der Waals surface area contributed by atoms with Crippen molar-refractivity contribution in [3.05, 3.63) is 60.3 Å². The summed E-state index contributed by atoms with van der Waals surface area (Å²) in [7, 11) is 0. The second-order valence-electron chi connectivity index (χ2n) is 6.89. The lowest BCUT2D eigenvalue weighted by atomic mass is 10.2. The molecule has 1 aliphatic rings. The summed E-state index contributed by atoms with van der Waals surface area (Å²) in [5.41, 5.74) is 1.89. The molecule has 0 saturated carbocycles. The second kappa shape index (κ2) is 8.10. The van der Waals surface area contributed by atoms with E-state index in [1.165, 1.54) is 17.0 Å². The molecule has 0 bridgehead atoms. The summed E-state index contributed by atoms with van der Waals surface area (Å²) in [6, 6.07) is 15.6. The van der Waals surface area contributed by atoms with E-state index in [-0.39, 0.29) is 29.8 Å². The third kappa shape index (κ3) is 3.70. The highest BCUT2D eigenvalue weighted by Gasteiger charge is 2.28. The minimum atomic E-state index is -2.32. The zero-order chi connectivity index (χ0) is 21.3. The van der Waals surface area contributed by atoms with Crippen LogP contribution in [0.5, 0.6) is 0 Å². The van der Waals surface area contributed by atoms with Gasteiger partial charge in [0.1, 0.15) is 19.2 Å². The Hall–Kier alpha value is -3.48. The van der Waals surface area contributed by atoms with E-state index in [1.54, 1.807) is 27.8 Å². The molecular formula is C21H17N4O4S-. The first-order valence-corrected chi connectivity index (χ1v) is 10.3. The van der Waals surface area contributed by atoms with Crippen LogP contribution in [0.25, 0.3) is 10.9 Å². The fourth-order valence-electron chi connectivity index (χ4n) is 3.61. The van der Waals surface area contributed by atoms with Crippen molar-refractivity contribution in [3.63, 3.8) is 0 Å². The Bertz CT molecular complexity index is 1200. The molecule has 1 atom stereocenters.